The van der Waals surface area contributed by atoms with Gasteiger partial charge in [0.05, 0.1) is 5.69 Å². The maximum atomic E-state index is 4.62. The molecule has 0 saturated carbocycles. The van der Waals surface area contributed by atoms with Crippen molar-refractivity contribution in [3.05, 3.63) is 35.3 Å². The van der Waals surface area contributed by atoms with E-state index in [1.54, 1.807) is 11.3 Å². The lowest BCUT2D eigenvalue weighted by Crippen LogP contribution is -2.21. The minimum absolute atomic E-state index is 0.960. The fourth-order valence-electron chi connectivity index (χ4n) is 2.34. The molecule has 0 saturated heterocycles. The van der Waals surface area contributed by atoms with Crippen LogP contribution in [0.15, 0.2) is 29.6 Å². The van der Waals surface area contributed by atoms with E-state index in [4.69, 9.17) is 0 Å². The first-order chi connectivity index (χ1) is 10.8. The molecule has 22 heavy (non-hydrogen) atoms. The predicted molar refractivity (Wildman–Crippen MR) is 97.6 cm³/mol. The number of hydrogen-bond donors (Lipinski definition) is 2. The monoisotopic (exact) mass is 318 g/mol. The average molecular weight is 318 g/mol. The summed E-state index contributed by atoms with van der Waals surface area (Å²) in [5.74, 6) is 0. The zero-order valence-corrected chi connectivity index (χ0v) is 14.5. The third-order valence-electron chi connectivity index (χ3n) is 3.61. The zero-order valence-electron chi connectivity index (χ0n) is 13.7. The number of anilines is 3. The van der Waals surface area contributed by atoms with Crippen LogP contribution in [0, 0.1) is 0 Å². The number of benzene rings is 1. The first kappa shape index (κ1) is 16.8. The molecule has 0 aliphatic rings. The molecule has 1 aromatic carbocycles. The molecule has 0 spiro atoms. The minimum Gasteiger partial charge on any atom is -0.372 e. The van der Waals surface area contributed by atoms with E-state index in [-0.39, 0.29) is 0 Å². The van der Waals surface area contributed by atoms with Gasteiger partial charge in [-0.1, -0.05) is 6.92 Å². The smallest absolute Gasteiger partial charge is 0.187 e. The fraction of sp³-hybridized carbons (Fsp3) is 0.471. The van der Waals surface area contributed by atoms with E-state index in [0.717, 1.165) is 49.1 Å². The Morgan fingerprint density at radius 3 is 2.45 bits per heavy atom. The Kier molecular flexibility index (Phi) is 6.68. The maximum absolute atomic E-state index is 4.62. The Bertz CT molecular complexity index is 546. The van der Waals surface area contributed by atoms with Crippen LogP contribution in [0.1, 0.15) is 26.5 Å². The lowest BCUT2D eigenvalue weighted by molar-refractivity contribution is 0.710. The first-order valence-corrected chi connectivity index (χ1v) is 8.91. The van der Waals surface area contributed by atoms with E-state index < -0.39 is 0 Å². The van der Waals surface area contributed by atoms with Crippen LogP contribution in [-0.2, 0) is 6.42 Å². The normalized spacial score (nSPS) is 10.7. The highest BCUT2D eigenvalue weighted by Gasteiger charge is 2.04. The summed E-state index contributed by atoms with van der Waals surface area (Å²) in [5.41, 5.74) is 3.50. The lowest BCUT2D eigenvalue weighted by atomic mass is 10.2. The number of hydrogen-bond acceptors (Lipinski definition) is 5. The molecule has 1 aromatic heterocycles. The lowest BCUT2D eigenvalue weighted by Gasteiger charge is -2.21. The van der Waals surface area contributed by atoms with Crippen LogP contribution in [0.4, 0.5) is 16.5 Å². The van der Waals surface area contributed by atoms with Gasteiger partial charge < -0.3 is 15.5 Å². The van der Waals surface area contributed by atoms with Gasteiger partial charge in [-0.15, -0.1) is 11.3 Å². The van der Waals surface area contributed by atoms with Gasteiger partial charge in [-0.25, -0.2) is 4.98 Å². The van der Waals surface area contributed by atoms with Gasteiger partial charge in [-0.3, -0.25) is 0 Å². The first-order valence-electron chi connectivity index (χ1n) is 8.04. The number of rotatable bonds is 9. The van der Waals surface area contributed by atoms with Gasteiger partial charge in [0.1, 0.15) is 0 Å². The van der Waals surface area contributed by atoms with Crippen molar-refractivity contribution in [3.8, 4) is 0 Å². The molecule has 5 heteroatoms. The number of aromatic nitrogens is 1. The Labute approximate surface area is 137 Å². The molecule has 4 nitrogen and oxygen atoms in total. The second kappa shape index (κ2) is 8.76. The molecule has 2 aromatic rings. The summed E-state index contributed by atoms with van der Waals surface area (Å²) >= 11 is 1.66. The molecule has 1 heterocycles. The molecular weight excluding hydrogens is 292 g/mol. The summed E-state index contributed by atoms with van der Waals surface area (Å²) in [6.07, 6.45) is 0.979. The van der Waals surface area contributed by atoms with Crippen molar-refractivity contribution in [2.45, 2.75) is 27.2 Å². The second-order valence-electron chi connectivity index (χ2n) is 5.09. The van der Waals surface area contributed by atoms with Gasteiger partial charge >= 0.3 is 0 Å². The van der Waals surface area contributed by atoms with Gasteiger partial charge in [0.25, 0.3) is 0 Å². The van der Waals surface area contributed by atoms with Gasteiger partial charge in [0.2, 0.25) is 0 Å². The second-order valence-corrected chi connectivity index (χ2v) is 5.95. The number of thiazole rings is 1. The molecule has 2 rings (SSSR count). The molecular formula is C17H26N4S. The highest BCUT2D eigenvalue weighted by atomic mass is 32.1. The van der Waals surface area contributed by atoms with Crippen LogP contribution in [0.25, 0.3) is 0 Å². The molecule has 0 fully saturated rings. The molecule has 0 aliphatic carbocycles. The molecule has 0 bridgehead atoms. The molecule has 120 valence electrons. The van der Waals surface area contributed by atoms with E-state index in [2.05, 4.69) is 70.9 Å². The van der Waals surface area contributed by atoms with Crippen LogP contribution in [0.3, 0.4) is 0 Å². The Morgan fingerprint density at radius 1 is 1.09 bits per heavy atom. The van der Waals surface area contributed by atoms with Crippen LogP contribution in [0.5, 0.6) is 0 Å². The zero-order chi connectivity index (χ0) is 15.8. The highest BCUT2D eigenvalue weighted by molar-refractivity contribution is 7.13. The van der Waals surface area contributed by atoms with Crippen LogP contribution < -0.4 is 15.5 Å². The topological polar surface area (TPSA) is 40.2 Å². The van der Waals surface area contributed by atoms with E-state index in [1.165, 1.54) is 5.69 Å². The van der Waals surface area contributed by atoms with Crippen LogP contribution in [-0.4, -0.2) is 31.2 Å². The maximum Gasteiger partial charge on any atom is 0.187 e. The standard InChI is InChI=1S/C17H26N4S/c1-4-18-12-11-15-13-22-17(20-15)19-14-7-9-16(10-8-14)21(5-2)6-3/h7-10,13,18H,4-6,11-12H2,1-3H3,(H,19,20). The summed E-state index contributed by atoms with van der Waals surface area (Å²) in [4.78, 5) is 6.96. The van der Waals surface area contributed by atoms with Gasteiger partial charge in [-0.2, -0.15) is 0 Å². The molecule has 0 unspecified atom stereocenters. The Morgan fingerprint density at radius 2 is 1.82 bits per heavy atom. The quantitative estimate of drug-likeness (QED) is 0.688. The minimum atomic E-state index is 0.960. The fourth-order valence-corrected chi connectivity index (χ4v) is 3.11. The summed E-state index contributed by atoms with van der Waals surface area (Å²) < 4.78 is 0. The van der Waals surface area contributed by atoms with Gasteiger partial charge in [0, 0.05) is 42.8 Å². The summed E-state index contributed by atoms with van der Waals surface area (Å²) in [7, 11) is 0. The predicted octanol–water partition coefficient (Wildman–Crippen LogP) is 3.88. The third-order valence-corrected chi connectivity index (χ3v) is 4.41. The SMILES string of the molecule is CCNCCc1csc(Nc2ccc(N(CC)CC)cc2)n1. The molecule has 0 radical (unpaired) electrons. The summed E-state index contributed by atoms with van der Waals surface area (Å²) in [5, 5.41) is 9.80. The van der Waals surface area contributed by atoms with Crippen LogP contribution >= 0.6 is 11.3 Å². The van der Waals surface area contributed by atoms with E-state index in [1.807, 2.05) is 0 Å². The Balaban J connectivity index is 1.93. The van der Waals surface area contributed by atoms with E-state index in [9.17, 15) is 0 Å². The summed E-state index contributed by atoms with van der Waals surface area (Å²) in [6, 6.07) is 8.56. The van der Waals surface area contributed by atoms with E-state index in [0.29, 0.717) is 0 Å². The Hall–Kier alpha value is -1.59. The van der Waals surface area contributed by atoms with Gasteiger partial charge in [-0.05, 0) is 44.7 Å². The molecule has 0 aliphatic heterocycles. The van der Waals surface area contributed by atoms with Crippen molar-refractivity contribution in [3.63, 3.8) is 0 Å². The largest absolute Gasteiger partial charge is 0.372 e. The van der Waals surface area contributed by atoms with Crippen molar-refractivity contribution in [1.82, 2.24) is 10.3 Å². The highest BCUT2D eigenvalue weighted by Crippen LogP contribution is 2.23. The number of nitrogens with zero attached hydrogens (tertiary/aromatic N) is 2. The molecule has 0 amide bonds. The van der Waals surface area contributed by atoms with Gasteiger partial charge in [0.15, 0.2) is 5.13 Å². The van der Waals surface area contributed by atoms with Crippen molar-refractivity contribution < 1.29 is 0 Å². The van der Waals surface area contributed by atoms with Crippen molar-refractivity contribution in [2.75, 3.05) is 36.4 Å². The van der Waals surface area contributed by atoms with E-state index >= 15 is 0 Å². The number of nitrogens with one attached hydrogen (secondary N) is 2. The number of likely N-dealkylation sites (N-methyl/N-ethyl adjacent to an activating group) is 1. The third kappa shape index (κ3) is 4.71. The van der Waals surface area contributed by atoms with Crippen molar-refractivity contribution >= 4 is 27.8 Å². The average Bonchev–Trinajstić information content (AvgIpc) is 2.98. The molecule has 2 N–H and O–H groups in total. The van der Waals surface area contributed by atoms with Crippen LogP contribution in [0.2, 0.25) is 0 Å². The van der Waals surface area contributed by atoms with Crippen molar-refractivity contribution in [2.24, 2.45) is 0 Å². The molecule has 0 atom stereocenters. The summed E-state index contributed by atoms with van der Waals surface area (Å²) in [6.45, 7) is 10.5. The van der Waals surface area contributed by atoms with Crippen molar-refractivity contribution in [1.29, 1.82) is 0 Å².